The van der Waals surface area contributed by atoms with Crippen molar-refractivity contribution in [2.75, 3.05) is 5.32 Å². The van der Waals surface area contributed by atoms with Crippen molar-refractivity contribution in [1.29, 1.82) is 0 Å². The van der Waals surface area contributed by atoms with E-state index in [9.17, 15) is 4.79 Å². The molecule has 0 spiro atoms. The lowest BCUT2D eigenvalue weighted by Crippen LogP contribution is -2.31. The minimum absolute atomic E-state index is 0.0699. The number of hydrogen-bond donors (Lipinski definition) is 2. The highest BCUT2D eigenvalue weighted by molar-refractivity contribution is 5.94. The van der Waals surface area contributed by atoms with Gasteiger partial charge >= 0.3 is 0 Å². The van der Waals surface area contributed by atoms with Crippen molar-refractivity contribution in [3.8, 4) is 0 Å². The predicted octanol–water partition coefficient (Wildman–Crippen LogP) is 2.92. The van der Waals surface area contributed by atoms with Crippen LogP contribution in [0.2, 0.25) is 0 Å². The van der Waals surface area contributed by atoms with Gasteiger partial charge in [0.15, 0.2) is 0 Å². The van der Waals surface area contributed by atoms with Crippen molar-refractivity contribution < 1.29 is 9.53 Å². The van der Waals surface area contributed by atoms with Crippen LogP contribution in [-0.4, -0.2) is 18.1 Å². The van der Waals surface area contributed by atoms with Crippen LogP contribution < -0.4 is 11.1 Å². The first-order valence-corrected chi connectivity index (χ1v) is 7.18. The summed E-state index contributed by atoms with van der Waals surface area (Å²) in [6.45, 7) is 8.45. The molecule has 112 valence electrons. The summed E-state index contributed by atoms with van der Waals surface area (Å²) in [5.41, 5.74) is 7.33. The molecular weight excluding hydrogens is 252 g/mol. The molecule has 1 amide bonds. The highest BCUT2D eigenvalue weighted by Crippen LogP contribution is 2.16. The van der Waals surface area contributed by atoms with Crippen LogP contribution >= 0.6 is 0 Å². The molecule has 0 aliphatic carbocycles. The van der Waals surface area contributed by atoms with Gasteiger partial charge in [0.1, 0.15) is 6.10 Å². The molecule has 1 aromatic rings. The molecule has 2 atom stereocenters. The lowest BCUT2D eigenvalue weighted by atomic mass is 10.1. The number of hydrogen-bond acceptors (Lipinski definition) is 3. The Balaban J connectivity index is 2.57. The highest BCUT2D eigenvalue weighted by Gasteiger charge is 2.18. The zero-order chi connectivity index (χ0) is 15.1. The molecule has 0 saturated heterocycles. The summed E-state index contributed by atoms with van der Waals surface area (Å²) in [5.74, 6) is 0.416. The van der Waals surface area contributed by atoms with Crippen LogP contribution in [0, 0.1) is 5.92 Å². The van der Waals surface area contributed by atoms with E-state index < -0.39 is 6.10 Å². The first-order chi connectivity index (χ1) is 9.43. The maximum Gasteiger partial charge on any atom is 0.253 e. The molecular formula is C16H26N2O2. The fourth-order valence-corrected chi connectivity index (χ4v) is 2.18. The zero-order valence-corrected chi connectivity index (χ0v) is 12.8. The van der Waals surface area contributed by atoms with Crippen molar-refractivity contribution in [3.05, 3.63) is 29.8 Å². The number of carbonyl (C=O) groups excluding carboxylic acids is 1. The van der Waals surface area contributed by atoms with Crippen LogP contribution in [0.25, 0.3) is 0 Å². The van der Waals surface area contributed by atoms with Gasteiger partial charge in [0.2, 0.25) is 0 Å². The van der Waals surface area contributed by atoms with Gasteiger partial charge in [0.25, 0.3) is 5.91 Å². The number of benzene rings is 1. The largest absolute Gasteiger partial charge is 0.366 e. The van der Waals surface area contributed by atoms with Crippen LogP contribution in [0.4, 0.5) is 5.69 Å². The molecule has 2 unspecified atom stereocenters. The van der Waals surface area contributed by atoms with Crippen molar-refractivity contribution >= 4 is 11.6 Å². The number of ether oxygens (including phenoxy) is 1. The van der Waals surface area contributed by atoms with Crippen molar-refractivity contribution in [2.45, 2.75) is 52.9 Å². The second-order valence-electron chi connectivity index (χ2n) is 5.57. The normalized spacial score (nSPS) is 14.1. The molecule has 0 aliphatic heterocycles. The van der Waals surface area contributed by atoms with Crippen molar-refractivity contribution in [1.82, 2.24) is 0 Å². The third kappa shape index (κ3) is 5.31. The van der Waals surface area contributed by atoms with E-state index in [4.69, 9.17) is 10.5 Å². The topological polar surface area (TPSA) is 64.3 Å². The Kier molecular flexibility index (Phi) is 6.68. The standard InChI is InChI=1S/C16H26N2O2/c1-11(2)9-12(3)20-13(4)16(19)18-15-8-6-5-7-14(15)10-17/h5-8,11-13H,9-10,17H2,1-4H3,(H,18,19). The van der Waals surface area contributed by atoms with Gasteiger partial charge in [-0.3, -0.25) is 4.79 Å². The molecule has 0 aliphatic rings. The molecule has 1 rings (SSSR count). The zero-order valence-electron chi connectivity index (χ0n) is 12.8. The molecule has 20 heavy (non-hydrogen) atoms. The monoisotopic (exact) mass is 278 g/mol. The Labute approximate surface area is 121 Å². The van der Waals surface area contributed by atoms with E-state index in [1.807, 2.05) is 31.2 Å². The summed E-state index contributed by atoms with van der Waals surface area (Å²) >= 11 is 0. The SMILES string of the molecule is CC(C)CC(C)OC(C)C(=O)Nc1ccccc1CN. The fourth-order valence-electron chi connectivity index (χ4n) is 2.18. The van der Waals surface area contributed by atoms with E-state index in [1.54, 1.807) is 6.92 Å². The molecule has 4 nitrogen and oxygen atoms in total. The Morgan fingerprint density at radius 2 is 1.90 bits per heavy atom. The summed E-state index contributed by atoms with van der Waals surface area (Å²) in [6, 6.07) is 7.54. The van der Waals surface area contributed by atoms with Gasteiger partial charge in [-0.05, 0) is 37.8 Å². The van der Waals surface area contributed by atoms with E-state index in [1.165, 1.54) is 0 Å². The molecule has 0 heterocycles. The fraction of sp³-hybridized carbons (Fsp3) is 0.562. The summed E-state index contributed by atoms with van der Waals surface area (Å²) in [7, 11) is 0. The van der Waals surface area contributed by atoms with Crippen molar-refractivity contribution in [2.24, 2.45) is 11.7 Å². The Bertz CT molecular complexity index is 432. The van der Waals surface area contributed by atoms with Crippen LogP contribution in [0.3, 0.4) is 0 Å². The van der Waals surface area contributed by atoms with E-state index in [0.717, 1.165) is 17.7 Å². The number of anilines is 1. The van der Waals surface area contributed by atoms with Crippen LogP contribution in [0.15, 0.2) is 24.3 Å². The summed E-state index contributed by atoms with van der Waals surface area (Å²) in [4.78, 5) is 12.1. The Hall–Kier alpha value is -1.39. The minimum atomic E-state index is -0.477. The van der Waals surface area contributed by atoms with Crippen LogP contribution in [0.1, 0.15) is 39.7 Å². The van der Waals surface area contributed by atoms with Crippen molar-refractivity contribution in [3.63, 3.8) is 0 Å². The molecule has 3 N–H and O–H groups in total. The summed E-state index contributed by atoms with van der Waals surface area (Å²) in [6.07, 6.45) is 0.534. The molecule has 0 aromatic heterocycles. The molecule has 4 heteroatoms. The van der Waals surface area contributed by atoms with Crippen LogP contribution in [0.5, 0.6) is 0 Å². The number of para-hydroxylation sites is 1. The smallest absolute Gasteiger partial charge is 0.253 e. The van der Waals surface area contributed by atoms with E-state index in [0.29, 0.717) is 12.5 Å². The number of carbonyl (C=O) groups is 1. The number of amides is 1. The first kappa shape index (κ1) is 16.7. The second-order valence-corrected chi connectivity index (χ2v) is 5.57. The highest BCUT2D eigenvalue weighted by atomic mass is 16.5. The summed E-state index contributed by atoms with van der Waals surface area (Å²) < 4.78 is 5.73. The van der Waals surface area contributed by atoms with E-state index >= 15 is 0 Å². The van der Waals surface area contributed by atoms with Gasteiger partial charge in [-0.15, -0.1) is 0 Å². The molecule has 0 fully saturated rings. The average Bonchev–Trinajstić information content (AvgIpc) is 2.38. The van der Waals surface area contributed by atoms with Crippen LogP contribution in [-0.2, 0) is 16.1 Å². The lowest BCUT2D eigenvalue weighted by molar-refractivity contribution is -0.129. The average molecular weight is 278 g/mol. The third-order valence-corrected chi connectivity index (χ3v) is 3.10. The van der Waals surface area contributed by atoms with Gasteiger partial charge in [-0.1, -0.05) is 32.0 Å². The first-order valence-electron chi connectivity index (χ1n) is 7.18. The second kappa shape index (κ2) is 8.02. The molecule has 0 radical (unpaired) electrons. The third-order valence-electron chi connectivity index (χ3n) is 3.10. The molecule has 0 bridgehead atoms. The van der Waals surface area contributed by atoms with E-state index in [-0.39, 0.29) is 12.0 Å². The molecule has 0 saturated carbocycles. The minimum Gasteiger partial charge on any atom is -0.366 e. The number of nitrogens with one attached hydrogen (secondary N) is 1. The van der Waals surface area contributed by atoms with Gasteiger partial charge in [-0.25, -0.2) is 0 Å². The van der Waals surface area contributed by atoms with Gasteiger partial charge in [0, 0.05) is 12.2 Å². The lowest BCUT2D eigenvalue weighted by Gasteiger charge is -2.20. The van der Waals surface area contributed by atoms with Gasteiger partial charge in [0.05, 0.1) is 6.10 Å². The maximum absolute atomic E-state index is 12.1. The Morgan fingerprint density at radius 3 is 2.50 bits per heavy atom. The molecule has 1 aromatic carbocycles. The van der Waals surface area contributed by atoms with E-state index in [2.05, 4.69) is 19.2 Å². The Morgan fingerprint density at radius 1 is 1.25 bits per heavy atom. The predicted molar refractivity (Wildman–Crippen MR) is 82.4 cm³/mol. The van der Waals surface area contributed by atoms with Gasteiger partial charge < -0.3 is 15.8 Å². The van der Waals surface area contributed by atoms with Gasteiger partial charge in [-0.2, -0.15) is 0 Å². The number of rotatable bonds is 7. The maximum atomic E-state index is 12.1. The summed E-state index contributed by atoms with van der Waals surface area (Å²) in [5, 5.41) is 2.88. The number of nitrogens with two attached hydrogens (primary N) is 1. The quantitative estimate of drug-likeness (QED) is 0.806.